The lowest BCUT2D eigenvalue weighted by Gasteiger charge is -2.28. The van der Waals surface area contributed by atoms with Crippen LogP contribution in [-0.2, 0) is 6.42 Å². The number of aromatic nitrogens is 2. The summed E-state index contributed by atoms with van der Waals surface area (Å²) >= 11 is 0. The Balaban J connectivity index is 2.19. The smallest absolute Gasteiger partial charge is 0.186 e. The highest BCUT2D eigenvalue weighted by Crippen LogP contribution is 2.39. The summed E-state index contributed by atoms with van der Waals surface area (Å²) in [5.41, 5.74) is 0.697. The highest BCUT2D eigenvalue weighted by Gasteiger charge is 2.35. The van der Waals surface area contributed by atoms with E-state index in [2.05, 4.69) is 29.1 Å². The monoisotopic (exact) mass is 237 g/mol. The normalized spacial score (nSPS) is 22.7. The van der Waals surface area contributed by atoms with Gasteiger partial charge in [-0.3, -0.25) is 0 Å². The van der Waals surface area contributed by atoms with Gasteiger partial charge < -0.3 is 5.32 Å². The summed E-state index contributed by atoms with van der Waals surface area (Å²) in [4.78, 5) is 7.96. The first-order valence-electron chi connectivity index (χ1n) is 6.30. The van der Waals surface area contributed by atoms with E-state index in [9.17, 15) is 4.39 Å². The fourth-order valence-electron chi connectivity index (χ4n) is 2.51. The van der Waals surface area contributed by atoms with E-state index >= 15 is 0 Å². The first-order valence-corrected chi connectivity index (χ1v) is 6.30. The van der Waals surface area contributed by atoms with Crippen LogP contribution in [0.1, 0.15) is 45.7 Å². The van der Waals surface area contributed by atoms with Crippen LogP contribution in [0.2, 0.25) is 0 Å². The van der Waals surface area contributed by atoms with Gasteiger partial charge in [0, 0.05) is 6.04 Å². The molecule has 0 spiro atoms. The molecule has 1 aromatic heterocycles. The van der Waals surface area contributed by atoms with E-state index in [1.807, 2.05) is 6.92 Å². The molecule has 1 unspecified atom stereocenters. The van der Waals surface area contributed by atoms with Crippen LogP contribution in [0.3, 0.4) is 0 Å². The van der Waals surface area contributed by atoms with E-state index in [4.69, 9.17) is 0 Å². The molecule has 1 atom stereocenters. The molecule has 3 nitrogen and oxygen atoms in total. The first kappa shape index (κ1) is 12.3. The van der Waals surface area contributed by atoms with Crippen molar-refractivity contribution in [3.8, 4) is 0 Å². The zero-order valence-electron chi connectivity index (χ0n) is 10.8. The van der Waals surface area contributed by atoms with Crippen LogP contribution >= 0.6 is 0 Å². The Morgan fingerprint density at radius 3 is 2.82 bits per heavy atom. The van der Waals surface area contributed by atoms with Crippen LogP contribution in [0, 0.1) is 11.2 Å². The SMILES string of the molecule is CCc1ncnc(NC2CCCC2(C)C)c1F. The van der Waals surface area contributed by atoms with Gasteiger partial charge in [0.15, 0.2) is 11.6 Å². The van der Waals surface area contributed by atoms with Gasteiger partial charge in [0.1, 0.15) is 6.33 Å². The van der Waals surface area contributed by atoms with Crippen LogP contribution in [0.5, 0.6) is 0 Å². The minimum Gasteiger partial charge on any atom is -0.364 e. The van der Waals surface area contributed by atoms with E-state index in [0.717, 1.165) is 6.42 Å². The molecule has 0 radical (unpaired) electrons. The van der Waals surface area contributed by atoms with Crippen molar-refractivity contribution < 1.29 is 4.39 Å². The van der Waals surface area contributed by atoms with Gasteiger partial charge in [0.2, 0.25) is 0 Å². The summed E-state index contributed by atoms with van der Waals surface area (Å²) in [5, 5.41) is 3.25. The Bertz CT molecular complexity index is 404. The summed E-state index contributed by atoms with van der Waals surface area (Å²) in [6.07, 6.45) is 5.48. The number of hydrogen-bond acceptors (Lipinski definition) is 3. The predicted octanol–water partition coefficient (Wildman–Crippen LogP) is 3.17. The van der Waals surface area contributed by atoms with Crippen molar-refractivity contribution in [2.24, 2.45) is 5.41 Å². The molecule has 94 valence electrons. The van der Waals surface area contributed by atoms with Crippen LogP contribution < -0.4 is 5.32 Å². The Morgan fingerprint density at radius 2 is 2.24 bits per heavy atom. The molecule has 17 heavy (non-hydrogen) atoms. The maximum absolute atomic E-state index is 14.0. The molecule has 1 fully saturated rings. The van der Waals surface area contributed by atoms with Crippen molar-refractivity contribution in [1.29, 1.82) is 0 Å². The number of nitrogens with one attached hydrogen (secondary N) is 1. The van der Waals surface area contributed by atoms with Gasteiger partial charge >= 0.3 is 0 Å². The van der Waals surface area contributed by atoms with E-state index in [-0.39, 0.29) is 11.2 Å². The molecule has 0 bridgehead atoms. The molecular formula is C13H20FN3. The van der Waals surface area contributed by atoms with E-state index in [1.54, 1.807) is 0 Å². The molecule has 1 N–H and O–H groups in total. The largest absolute Gasteiger partial charge is 0.364 e. The quantitative estimate of drug-likeness (QED) is 0.877. The summed E-state index contributed by atoms with van der Waals surface area (Å²) in [7, 11) is 0. The molecule has 1 heterocycles. The average Bonchev–Trinajstić information content (AvgIpc) is 2.61. The maximum atomic E-state index is 14.0. The molecule has 4 heteroatoms. The third-order valence-corrected chi connectivity index (χ3v) is 3.76. The van der Waals surface area contributed by atoms with E-state index < -0.39 is 0 Å². The molecule has 0 saturated heterocycles. The summed E-state index contributed by atoms with van der Waals surface area (Å²) in [5.74, 6) is 0.0644. The van der Waals surface area contributed by atoms with Gasteiger partial charge in [-0.15, -0.1) is 0 Å². The Kier molecular flexibility index (Phi) is 3.31. The van der Waals surface area contributed by atoms with Gasteiger partial charge in [0.05, 0.1) is 5.69 Å². The highest BCUT2D eigenvalue weighted by atomic mass is 19.1. The van der Waals surface area contributed by atoms with Crippen molar-refractivity contribution in [3.63, 3.8) is 0 Å². The van der Waals surface area contributed by atoms with E-state index in [1.165, 1.54) is 19.2 Å². The number of rotatable bonds is 3. The minimum absolute atomic E-state index is 0.212. The standard InChI is InChI=1S/C13H20FN3/c1-4-9-11(14)12(16-8-15-9)17-10-6-5-7-13(10,2)3/h8,10H,4-7H2,1-3H3,(H,15,16,17). The third kappa shape index (κ3) is 2.40. The van der Waals surface area contributed by atoms with E-state index in [0.29, 0.717) is 24.0 Å². The maximum Gasteiger partial charge on any atom is 0.186 e. The lowest BCUT2D eigenvalue weighted by molar-refractivity contribution is 0.348. The molecule has 1 saturated carbocycles. The molecule has 0 amide bonds. The van der Waals surface area contributed by atoms with Crippen LogP contribution in [0.15, 0.2) is 6.33 Å². The molecule has 2 rings (SSSR count). The van der Waals surface area contributed by atoms with Crippen LogP contribution in [0.4, 0.5) is 10.2 Å². The van der Waals surface area contributed by atoms with Crippen molar-refractivity contribution >= 4 is 5.82 Å². The topological polar surface area (TPSA) is 37.8 Å². The van der Waals surface area contributed by atoms with Crippen molar-refractivity contribution in [1.82, 2.24) is 9.97 Å². The van der Waals surface area contributed by atoms with Gasteiger partial charge in [-0.2, -0.15) is 0 Å². The lowest BCUT2D eigenvalue weighted by Crippen LogP contribution is -2.31. The molecule has 0 aliphatic heterocycles. The van der Waals surface area contributed by atoms with Gasteiger partial charge in [-0.25, -0.2) is 14.4 Å². The molecule has 1 aromatic rings. The Labute approximate surface area is 102 Å². The van der Waals surface area contributed by atoms with Gasteiger partial charge in [0.25, 0.3) is 0 Å². The lowest BCUT2D eigenvalue weighted by atomic mass is 9.87. The van der Waals surface area contributed by atoms with Crippen molar-refractivity contribution in [3.05, 3.63) is 17.8 Å². The number of halogens is 1. The predicted molar refractivity (Wildman–Crippen MR) is 66.4 cm³/mol. The fourth-order valence-corrected chi connectivity index (χ4v) is 2.51. The average molecular weight is 237 g/mol. The number of anilines is 1. The zero-order chi connectivity index (χ0) is 12.5. The third-order valence-electron chi connectivity index (χ3n) is 3.76. The number of hydrogen-bond donors (Lipinski definition) is 1. The highest BCUT2D eigenvalue weighted by molar-refractivity contribution is 5.39. The van der Waals surface area contributed by atoms with Crippen molar-refractivity contribution in [2.75, 3.05) is 5.32 Å². The second kappa shape index (κ2) is 4.59. The zero-order valence-corrected chi connectivity index (χ0v) is 10.8. The molecule has 1 aliphatic carbocycles. The van der Waals surface area contributed by atoms with Crippen LogP contribution in [0.25, 0.3) is 0 Å². The van der Waals surface area contributed by atoms with Crippen molar-refractivity contribution in [2.45, 2.75) is 52.5 Å². The number of aryl methyl sites for hydroxylation is 1. The molecule has 0 aromatic carbocycles. The fraction of sp³-hybridized carbons (Fsp3) is 0.692. The van der Waals surface area contributed by atoms with Crippen LogP contribution in [-0.4, -0.2) is 16.0 Å². The summed E-state index contributed by atoms with van der Waals surface area (Å²) in [6.45, 7) is 6.34. The Hall–Kier alpha value is -1.19. The first-order chi connectivity index (χ1) is 8.04. The second-order valence-electron chi connectivity index (χ2n) is 5.41. The second-order valence-corrected chi connectivity index (χ2v) is 5.41. The molecule has 1 aliphatic rings. The van der Waals surface area contributed by atoms with Gasteiger partial charge in [-0.05, 0) is 24.7 Å². The summed E-state index contributed by atoms with van der Waals surface area (Å²) < 4.78 is 14.0. The Morgan fingerprint density at radius 1 is 1.47 bits per heavy atom. The minimum atomic E-state index is -0.294. The van der Waals surface area contributed by atoms with Gasteiger partial charge in [-0.1, -0.05) is 27.2 Å². The number of nitrogens with zero attached hydrogens (tertiary/aromatic N) is 2. The summed E-state index contributed by atoms with van der Waals surface area (Å²) in [6, 6.07) is 0.302. The molecular weight excluding hydrogens is 217 g/mol.